The summed E-state index contributed by atoms with van der Waals surface area (Å²) in [5.74, 6) is 0.773. The maximum absolute atomic E-state index is 9.89. The number of rotatable bonds is 6. The molecule has 2 aromatic heterocycles. The Balaban J connectivity index is 1.77. The van der Waals surface area contributed by atoms with Crippen molar-refractivity contribution in [1.29, 1.82) is 5.26 Å². The minimum atomic E-state index is 0.454. The zero-order valence-electron chi connectivity index (χ0n) is 16.5. The van der Waals surface area contributed by atoms with Crippen LogP contribution in [0.2, 0.25) is 0 Å². The first-order valence-electron chi connectivity index (χ1n) is 9.61. The van der Waals surface area contributed by atoms with Gasteiger partial charge in [0.25, 0.3) is 0 Å². The molecule has 5 nitrogen and oxygen atoms in total. The summed E-state index contributed by atoms with van der Waals surface area (Å²) in [6, 6.07) is 20.4. The van der Waals surface area contributed by atoms with Crippen LogP contribution in [0.25, 0.3) is 22.2 Å². The maximum atomic E-state index is 9.89. The van der Waals surface area contributed by atoms with Gasteiger partial charge in [-0.05, 0) is 42.8 Å². The second-order valence-electron chi connectivity index (χ2n) is 6.74. The van der Waals surface area contributed by atoms with Gasteiger partial charge in [0.05, 0.1) is 16.8 Å². The molecule has 2 heterocycles. The number of hydrogen-bond donors (Lipinski definition) is 1. The van der Waals surface area contributed by atoms with E-state index in [0.29, 0.717) is 12.2 Å². The molecule has 0 aliphatic heterocycles. The van der Waals surface area contributed by atoms with E-state index in [2.05, 4.69) is 27.9 Å². The Hall–Kier alpha value is -3.78. The van der Waals surface area contributed by atoms with Crippen molar-refractivity contribution >= 4 is 16.6 Å². The Labute approximate surface area is 170 Å². The predicted molar refractivity (Wildman–Crippen MR) is 116 cm³/mol. The molecule has 0 bridgehead atoms. The molecule has 29 heavy (non-hydrogen) atoms. The molecular formula is C24H22N4O. The van der Waals surface area contributed by atoms with E-state index in [-0.39, 0.29) is 0 Å². The lowest BCUT2D eigenvalue weighted by Crippen LogP contribution is -1.99. The first kappa shape index (κ1) is 18.6. The molecule has 5 heteroatoms. The van der Waals surface area contributed by atoms with Gasteiger partial charge in [-0.1, -0.05) is 18.2 Å². The number of ether oxygens (including phenoxy) is 1. The van der Waals surface area contributed by atoms with Crippen LogP contribution in [0.1, 0.15) is 18.1 Å². The fourth-order valence-electron chi connectivity index (χ4n) is 3.61. The third kappa shape index (κ3) is 3.53. The minimum absolute atomic E-state index is 0.454. The number of aromatic nitrogens is 2. The van der Waals surface area contributed by atoms with Gasteiger partial charge in [-0.15, -0.1) is 0 Å². The average molecular weight is 382 g/mol. The quantitative estimate of drug-likeness (QED) is 0.497. The smallest absolute Gasteiger partial charge is 0.121 e. The number of fused-ring (bicyclic) bond motifs is 1. The number of aryl methyl sites for hydroxylation is 1. The van der Waals surface area contributed by atoms with Gasteiger partial charge in [-0.3, -0.25) is 4.98 Å². The van der Waals surface area contributed by atoms with E-state index in [4.69, 9.17) is 4.74 Å². The summed E-state index contributed by atoms with van der Waals surface area (Å²) in [6.45, 7) is 3.30. The zero-order chi connectivity index (χ0) is 20.2. The zero-order valence-corrected chi connectivity index (χ0v) is 16.5. The van der Waals surface area contributed by atoms with Gasteiger partial charge in [-0.2, -0.15) is 5.26 Å². The molecule has 0 aliphatic carbocycles. The lowest BCUT2D eigenvalue weighted by molar-refractivity contribution is 0.306. The minimum Gasteiger partial charge on any atom is -0.489 e. The third-order valence-electron chi connectivity index (χ3n) is 5.04. The number of pyridine rings is 1. The molecule has 0 fully saturated rings. The number of nitrogens with zero attached hydrogens (tertiary/aromatic N) is 3. The van der Waals surface area contributed by atoms with Crippen molar-refractivity contribution in [2.45, 2.75) is 20.1 Å². The molecule has 0 aliphatic rings. The highest BCUT2D eigenvalue weighted by molar-refractivity contribution is 5.95. The first-order chi connectivity index (χ1) is 14.2. The predicted octanol–water partition coefficient (Wildman–Crippen LogP) is 5.22. The molecule has 0 radical (unpaired) electrons. The highest BCUT2D eigenvalue weighted by Crippen LogP contribution is 2.35. The molecule has 0 saturated heterocycles. The van der Waals surface area contributed by atoms with Crippen molar-refractivity contribution in [3.8, 4) is 23.1 Å². The Morgan fingerprint density at radius 2 is 1.97 bits per heavy atom. The molecule has 1 N–H and O–H groups in total. The fraction of sp³-hybridized carbons (Fsp3) is 0.167. The van der Waals surface area contributed by atoms with E-state index in [1.807, 2.05) is 61.6 Å². The third-order valence-corrected chi connectivity index (χ3v) is 5.04. The summed E-state index contributed by atoms with van der Waals surface area (Å²) in [7, 11) is 1.89. The van der Waals surface area contributed by atoms with E-state index >= 15 is 0 Å². The van der Waals surface area contributed by atoms with E-state index in [0.717, 1.165) is 45.7 Å². The van der Waals surface area contributed by atoms with Crippen LogP contribution < -0.4 is 10.1 Å². The van der Waals surface area contributed by atoms with Crippen LogP contribution in [-0.2, 0) is 13.2 Å². The van der Waals surface area contributed by atoms with Crippen molar-refractivity contribution in [2.75, 3.05) is 12.4 Å². The molecule has 0 amide bonds. The average Bonchev–Trinajstić information content (AvgIpc) is 3.11. The summed E-state index contributed by atoms with van der Waals surface area (Å²) in [5.41, 5.74) is 5.71. The van der Waals surface area contributed by atoms with Crippen LogP contribution in [0.5, 0.6) is 5.75 Å². The Morgan fingerprint density at radius 3 is 2.62 bits per heavy atom. The Bertz CT molecular complexity index is 1170. The molecule has 2 aromatic carbocycles. The summed E-state index contributed by atoms with van der Waals surface area (Å²) >= 11 is 0. The maximum Gasteiger partial charge on any atom is 0.121 e. The van der Waals surface area contributed by atoms with Crippen molar-refractivity contribution in [1.82, 2.24) is 9.55 Å². The summed E-state index contributed by atoms with van der Waals surface area (Å²) in [4.78, 5) is 4.12. The van der Waals surface area contributed by atoms with E-state index in [9.17, 15) is 5.26 Å². The van der Waals surface area contributed by atoms with Crippen LogP contribution >= 0.6 is 0 Å². The first-order valence-corrected chi connectivity index (χ1v) is 9.61. The molecule has 4 rings (SSSR count). The molecule has 144 valence electrons. The second-order valence-corrected chi connectivity index (χ2v) is 6.74. The van der Waals surface area contributed by atoms with Crippen LogP contribution in [0, 0.1) is 11.3 Å². The summed E-state index contributed by atoms with van der Waals surface area (Å²) in [6.07, 6.45) is 3.55. The van der Waals surface area contributed by atoms with Crippen molar-refractivity contribution < 1.29 is 4.74 Å². The molecule has 0 unspecified atom stereocenters. The Kier molecular flexibility index (Phi) is 5.17. The van der Waals surface area contributed by atoms with E-state index in [1.165, 1.54) is 0 Å². The van der Waals surface area contributed by atoms with Gasteiger partial charge in [0.2, 0.25) is 0 Å². The van der Waals surface area contributed by atoms with Crippen molar-refractivity contribution in [3.63, 3.8) is 0 Å². The Morgan fingerprint density at radius 1 is 1.14 bits per heavy atom. The van der Waals surface area contributed by atoms with Crippen molar-refractivity contribution in [2.24, 2.45) is 0 Å². The molecule has 0 saturated carbocycles. The van der Waals surface area contributed by atoms with Crippen LogP contribution in [-0.4, -0.2) is 16.6 Å². The molecule has 4 aromatic rings. The monoisotopic (exact) mass is 382 g/mol. The fourth-order valence-corrected chi connectivity index (χ4v) is 3.61. The van der Waals surface area contributed by atoms with Gasteiger partial charge >= 0.3 is 0 Å². The van der Waals surface area contributed by atoms with Gasteiger partial charge in [-0.25, -0.2) is 0 Å². The van der Waals surface area contributed by atoms with Crippen LogP contribution in [0.15, 0.2) is 67.0 Å². The van der Waals surface area contributed by atoms with Gasteiger partial charge < -0.3 is 14.6 Å². The summed E-state index contributed by atoms with van der Waals surface area (Å²) in [5, 5.41) is 14.0. The van der Waals surface area contributed by atoms with Gasteiger partial charge in [0.15, 0.2) is 0 Å². The number of nitrogens with one attached hydrogen (secondary N) is 1. The summed E-state index contributed by atoms with van der Waals surface area (Å²) < 4.78 is 8.15. The van der Waals surface area contributed by atoms with Crippen LogP contribution in [0.4, 0.5) is 5.69 Å². The van der Waals surface area contributed by atoms with Gasteiger partial charge in [0, 0.05) is 48.7 Å². The van der Waals surface area contributed by atoms with E-state index < -0.39 is 0 Å². The molecular weight excluding hydrogens is 360 g/mol. The highest BCUT2D eigenvalue weighted by Gasteiger charge is 2.18. The second kappa shape index (κ2) is 8.07. The highest BCUT2D eigenvalue weighted by atomic mass is 16.5. The lowest BCUT2D eigenvalue weighted by Gasteiger charge is -2.10. The van der Waals surface area contributed by atoms with Crippen molar-refractivity contribution in [3.05, 3.63) is 78.1 Å². The number of hydrogen-bond acceptors (Lipinski definition) is 4. The standard InChI is InChI=1S/C24H22N4O/c1-3-28-23-13-20(29-16-17-5-4-12-27-15-17)10-11-21(23)22(14-25)24(28)18-6-8-19(26-2)9-7-18/h4-13,15,26H,3,16H2,1-2H3. The van der Waals surface area contributed by atoms with Gasteiger partial charge in [0.1, 0.15) is 18.4 Å². The topological polar surface area (TPSA) is 62.9 Å². The molecule has 0 atom stereocenters. The van der Waals surface area contributed by atoms with E-state index in [1.54, 1.807) is 12.4 Å². The lowest BCUT2D eigenvalue weighted by atomic mass is 10.1. The molecule has 0 spiro atoms. The normalized spacial score (nSPS) is 10.7. The van der Waals surface area contributed by atoms with Crippen LogP contribution in [0.3, 0.4) is 0 Å². The number of benzene rings is 2. The SMILES string of the molecule is CCn1c(-c2ccc(NC)cc2)c(C#N)c2ccc(OCc3cccnc3)cc21. The largest absolute Gasteiger partial charge is 0.489 e. The number of anilines is 1. The number of nitriles is 1.